The fraction of sp³-hybridized carbons (Fsp3) is 0.500. The number of rotatable bonds is 1. The normalized spacial score (nSPS) is 27.2. The van der Waals surface area contributed by atoms with Gasteiger partial charge in [-0.1, -0.05) is 43.7 Å². The minimum Gasteiger partial charge on any atom is -0.0995 e. The summed E-state index contributed by atoms with van der Waals surface area (Å²) in [6.45, 7) is 11.0. The lowest BCUT2D eigenvalue weighted by molar-refractivity contribution is 0.443. The zero-order valence-electron chi connectivity index (χ0n) is 11.5. The third kappa shape index (κ3) is 5.19. The molecular formula is C16H22I2. The van der Waals surface area contributed by atoms with Crippen LogP contribution in [0.25, 0.3) is 0 Å². The molecule has 0 saturated heterocycles. The van der Waals surface area contributed by atoms with Crippen molar-refractivity contribution in [3.63, 3.8) is 0 Å². The molecule has 0 nitrogen and oxygen atoms in total. The van der Waals surface area contributed by atoms with Gasteiger partial charge < -0.3 is 0 Å². The van der Waals surface area contributed by atoms with Gasteiger partial charge in [0.05, 0.1) is 0 Å². The molecule has 0 fully saturated rings. The molecule has 0 amide bonds. The highest BCUT2D eigenvalue weighted by Crippen LogP contribution is 2.39. The third-order valence-corrected chi connectivity index (χ3v) is 5.36. The van der Waals surface area contributed by atoms with Gasteiger partial charge in [-0.05, 0) is 92.9 Å². The van der Waals surface area contributed by atoms with Crippen LogP contribution in [-0.4, -0.2) is 0 Å². The van der Waals surface area contributed by atoms with Gasteiger partial charge >= 0.3 is 0 Å². The lowest BCUT2D eigenvalue weighted by Gasteiger charge is -2.27. The van der Waals surface area contributed by atoms with Crippen LogP contribution in [0.4, 0.5) is 0 Å². The zero-order valence-corrected chi connectivity index (χ0v) is 15.8. The molecule has 0 spiro atoms. The summed E-state index contributed by atoms with van der Waals surface area (Å²) in [6, 6.07) is 0. The smallest absolute Gasteiger partial charge is 0.00870 e. The summed E-state index contributed by atoms with van der Waals surface area (Å²) in [4.78, 5) is 0. The van der Waals surface area contributed by atoms with Crippen molar-refractivity contribution in [3.05, 3.63) is 43.1 Å². The molecule has 1 aliphatic carbocycles. The van der Waals surface area contributed by atoms with Crippen LogP contribution in [0.1, 0.15) is 46.5 Å². The number of hydrogen-bond acceptors (Lipinski definition) is 0. The lowest BCUT2D eigenvalue weighted by atomic mass is 9.78. The first-order valence-electron chi connectivity index (χ1n) is 6.39. The summed E-state index contributed by atoms with van der Waals surface area (Å²) in [7, 11) is 0. The Morgan fingerprint density at radius 3 is 2.67 bits per heavy atom. The Bertz CT molecular complexity index is 409. The molecule has 0 bridgehead atoms. The van der Waals surface area contributed by atoms with Crippen molar-refractivity contribution in [2.75, 3.05) is 0 Å². The molecule has 0 N–H and O–H groups in total. The van der Waals surface area contributed by atoms with Crippen molar-refractivity contribution in [1.29, 1.82) is 0 Å². The summed E-state index contributed by atoms with van der Waals surface area (Å²) in [5.74, 6) is 0. The average Bonchev–Trinajstić information content (AvgIpc) is 2.35. The maximum absolute atomic E-state index is 4.25. The van der Waals surface area contributed by atoms with E-state index in [2.05, 4.69) is 90.8 Å². The molecule has 100 valence electrons. The van der Waals surface area contributed by atoms with Gasteiger partial charge in [0, 0.05) is 3.58 Å². The van der Waals surface area contributed by atoms with E-state index < -0.39 is 0 Å². The largest absolute Gasteiger partial charge is 0.0995 e. The standard InChI is InChI=1S/C16H22I2/c1-5-14(17)11-13-10-12(2)6-7-15(18)8-9-16(13,3)4/h5,8,11H,2,6-7,9-10H2,1,3-4H3/b13-11+,14-5+,15-8+. The van der Waals surface area contributed by atoms with Gasteiger partial charge in [0.1, 0.15) is 0 Å². The molecular weight excluding hydrogens is 446 g/mol. The Hall–Kier alpha value is 0.420. The van der Waals surface area contributed by atoms with Crippen LogP contribution >= 0.6 is 45.2 Å². The highest BCUT2D eigenvalue weighted by atomic mass is 127. The van der Waals surface area contributed by atoms with E-state index in [4.69, 9.17) is 0 Å². The number of halogens is 2. The van der Waals surface area contributed by atoms with Gasteiger partial charge in [-0.2, -0.15) is 0 Å². The Morgan fingerprint density at radius 2 is 2.06 bits per heavy atom. The zero-order chi connectivity index (χ0) is 13.8. The molecule has 1 rings (SSSR count). The summed E-state index contributed by atoms with van der Waals surface area (Å²) in [5.41, 5.74) is 3.10. The summed E-state index contributed by atoms with van der Waals surface area (Å²) >= 11 is 4.88. The molecule has 2 heteroatoms. The minimum atomic E-state index is 0.225. The number of allylic oxidation sites excluding steroid dienone is 7. The highest BCUT2D eigenvalue weighted by Gasteiger charge is 2.24. The molecule has 0 aromatic rings. The van der Waals surface area contributed by atoms with Crippen molar-refractivity contribution in [2.24, 2.45) is 5.41 Å². The molecule has 0 heterocycles. The lowest BCUT2D eigenvalue weighted by Crippen LogP contribution is -2.14. The molecule has 0 unspecified atom stereocenters. The first-order valence-corrected chi connectivity index (χ1v) is 8.55. The molecule has 1 aliphatic rings. The quantitative estimate of drug-likeness (QED) is 0.296. The fourth-order valence-electron chi connectivity index (χ4n) is 1.99. The molecule has 0 aromatic heterocycles. The van der Waals surface area contributed by atoms with Gasteiger partial charge in [-0.15, -0.1) is 0 Å². The molecule has 0 aliphatic heterocycles. The van der Waals surface area contributed by atoms with E-state index >= 15 is 0 Å². The Morgan fingerprint density at radius 1 is 1.39 bits per heavy atom. The Balaban J connectivity index is 3.11. The second-order valence-corrected chi connectivity index (χ2v) is 8.14. The predicted octanol–water partition coefficient (Wildman–Crippen LogP) is 6.73. The van der Waals surface area contributed by atoms with E-state index in [0.717, 1.165) is 25.7 Å². The van der Waals surface area contributed by atoms with Crippen LogP contribution in [-0.2, 0) is 0 Å². The van der Waals surface area contributed by atoms with E-state index in [1.807, 2.05) is 0 Å². The van der Waals surface area contributed by atoms with Crippen LogP contribution in [0.2, 0.25) is 0 Å². The first-order chi connectivity index (χ1) is 8.35. The Kier molecular flexibility index (Phi) is 6.65. The van der Waals surface area contributed by atoms with Gasteiger partial charge in [-0.25, -0.2) is 0 Å². The van der Waals surface area contributed by atoms with Crippen molar-refractivity contribution < 1.29 is 0 Å². The van der Waals surface area contributed by atoms with Gasteiger partial charge in [0.25, 0.3) is 0 Å². The predicted molar refractivity (Wildman–Crippen MR) is 99.4 cm³/mol. The fourth-order valence-corrected chi connectivity index (χ4v) is 2.85. The number of hydrogen-bond donors (Lipinski definition) is 0. The summed E-state index contributed by atoms with van der Waals surface area (Å²) in [5, 5.41) is 0. The SMILES string of the molecule is C=C1CC/C(I)=C\CC(C)(C)/C(=C/C(I)=C\C)C1. The third-order valence-electron chi connectivity index (χ3n) is 3.45. The van der Waals surface area contributed by atoms with E-state index in [9.17, 15) is 0 Å². The maximum Gasteiger partial charge on any atom is 0.00870 e. The van der Waals surface area contributed by atoms with Crippen LogP contribution in [0.15, 0.2) is 43.1 Å². The maximum atomic E-state index is 4.25. The molecule has 0 atom stereocenters. The molecule has 0 aromatic carbocycles. The molecule has 0 radical (unpaired) electrons. The van der Waals surface area contributed by atoms with Crippen molar-refractivity contribution in [3.8, 4) is 0 Å². The van der Waals surface area contributed by atoms with E-state index in [-0.39, 0.29) is 5.41 Å². The van der Waals surface area contributed by atoms with Crippen LogP contribution in [0.3, 0.4) is 0 Å². The van der Waals surface area contributed by atoms with E-state index in [0.29, 0.717) is 0 Å². The second kappa shape index (κ2) is 7.27. The van der Waals surface area contributed by atoms with Crippen LogP contribution < -0.4 is 0 Å². The minimum absolute atomic E-state index is 0.225. The van der Waals surface area contributed by atoms with E-state index in [1.165, 1.54) is 18.3 Å². The van der Waals surface area contributed by atoms with Crippen molar-refractivity contribution in [1.82, 2.24) is 0 Å². The molecule has 0 saturated carbocycles. The highest BCUT2D eigenvalue weighted by molar-refractivity contribution is 14.1. The van der Waals surface area contributed by atoms with Gasteiger partial charge in [0.2, 0.25) is 0 Å². The average molecular weight is 468 g/mol. The second-order valence-electron chi connectivity index (χ2n) is 5.51. The van der Waals surface area contributed by atoms with Gasteiger partial charge in [-0.3, -0.25) is 0 Å². The molecule has 18 heavy (non-hydrogen) atoms. The monoisotopic (exact) mass is 468 g/mol. The Labute approximate surface area is 139 Å². The van der Waals surface area contributed by atoms with Crippen LogP contribution in [0, 0.1) is 5.41 Å². The first kappa shape index (κ1) is 16.5. The van der Waals surface area contributed by atoms with Gasteiger partial charge in [0.15, 0.2) is 0 Å². The van der Waals surface area contributed by atoms with Crippen molar-refractivity contribution in [2.45, 2.75) is 46.5 Å². The van der Waals surface area contributed by atoms with E-state index in [1.54, 1.807) is 0 Å². The van der Waals surface area contributed by atoms with Crippen LogP contribution in [0.5, 0.6) is 0 Å². The topological polar surface area (TPSA) is 0 Å². The van der Waals surface area contributed by atoms with Crippen molar-refractivity contribution >= 4 is 45.2 Å². The summed E-state index contributed by atoms with van der Waals surface area (Å²) < 4.78 is 2.80. The summed E-state index contributed by atoms with van der Waals surface area (Å²) in [6.07, 6.45) is 11.4.